The molecule has 452 valence electrons. The molecule has 0 aromatic carbocycles. The molecule has 0 heterocycles. The average Bonchev–Trinajstić information content (AvgIpc) is 3.44. The molecule has 1 N–H and O–H groups in total. The van der Waals surface area contributed by atoms with E-state index in [1.54, 1.807) is 0 Å². The van der Waals surface area contributed by atoms with E-state index in [1.807, 2.05) is 0 Å². The van der Waals surface area contributed by atoms with Crippen molar-refractivity contribution in [3.05, 3.63) is 85.1 Å². The lowest BCUT2D eigenvalue weighted by molar-refractivity contribution is -0.161. The van der Waals surface area contributed by atoms with Crippen molar-refractivity contribution in [3.63, 3.8) is 0 Å². The molecule has 0 saturated carbocycles. The molecule has 1 atom stereocenters. The summed E-state index contributed by atoms with van der Waals surface area (Å²) in [6.45, 7) is 4.05. The Hall–Kier alpha value is -2.92. The number of hydrogen-bond donors (Lipinski definition) is 1. The predicted molar refractivity (Wildman–Crippen MR) is 343 cm³/mol. The summed E-state index contributed by atoms with van der Waals surface area (Å²) in [5.41, 5.74) is 0. The summed E-state index contributed by atoms with van der Waals surface area (Å²) in [6.07, 6.45) is 96.2. The zero-order valence-corrected chi connectivity index (χ0v) is 51.9. The van der Waals surface area contributed by atoms with Gasteiger partial charge in [0.2, 0.25) is 0 Å². The number of ether oxygens (including phenoxy) is 2. The SMILES string of the molecule is CC/C=C\C/C=C\C/C=C\C/C=C\C/C=C\C/C=C\CCCCCCCCC(=O)OC(CO)COC(=O)CCCCCCCCCCCCCCCCCCCCCCCCCCCCC/C=C\CCCCCCCCCC. The summed E-state index contributed by atoms with van der Waals surface area (Å²) >= 11 is 0. The van der Waals surface area contributed by atoms with Crippen LogP contribution in [-0.2, 0) is 19.1 Å². The number of aliphatic hydroxyl groups excluding tert-OH is 1. The Morgan fingerprint density at radius 3 is 0.846 bits per heavy atom. The highest BCUT2D eigenvalue weighted by Crippen LogP contribution is 2.18. The Kier molecular flexibility index (Phi) is 65.8. The molecule has 5 heteroatoms. The van der Waals surface area contributed by atoms with E-state index in [4.69, 9.17) is 9.47 Å². The Labute approximate surface area is 486 Å². The van der Waals surface area contributed by atoms with Crippen molar-refractivity contribution in [2.45, 2.75) is 354 Å². The Balaban J connectivity index is 3.43. The smallest absolute Gasteiger partial charge is 0.306 e. The molecule has 0 bridgehead atoms. The molecule has 78 heavy (non-hydrogen) atoms. The summed E-state index contributed by atoms with van der Waals surface area (Å²) in [4.78, 5) is 24.6. The quantitative estimate of drug-likeness (QED) is 0.0373. The van der Waals surface area contributed by atoms with Gasteiger partial charge in [-0.25, -0.2) is 0 Å². The first kappa shape index (κ1) is 75.1. The van der Waals surface area contributed by atoms with E-state index in [0.717, 1.165) is 83.5 Å². The van der Waals surface area contributed by atoms with Crippen LogP contribution in [-0.4, -0.2) is 36.4 Å². The molecule has 0 rings (SSSR count). The molecule has 0 aliphatic rings. The van der Waals surface area contributed by atoms with E-state index in [-0.39, 0.29) is 25.2 Å². The van der Waals surface area contributed by atoms with Gasteiger partial charge in [-0.1, -0.05) is 330 Å². The lowest BCUT2D eigenvalue weighted by atomic mass is 10.0. The van der Waals surface area contributed by atoms with Crippen LogP contribution in [0.3, 0.4) is 0 Å². The maximum Gasteiger partial charge on any atom is 0.306 e. The number of hydrogen-bond acceptors (Lipinski definition) is 5. The van der Waals surface area contributed by atoms with Gasteiger partial charge in [-0.05, 0) is 89.9 Å². The molecule has 0 spiro atoms. The number of carbonyl (C=O) groups is 2. The van der Waals surface area contributed by atoms with Gasteiger partial charge in [0.25, 0.3) is 0 Å². The zero-order valence-electron chi connectivity index (χ0n) is 51.9. The number of unbranched alkanes of at least 4 members (excludes halogenated alkanes) is 41. The minimum absolute atomic E-state index is 0.0727. The maximum absolute atomic E-state index is 12.3. The number of aliphatic hydroxyl groups is 1. The van der Waals surface area contributed by atoms with Gasteiger partial charge >= 0.3 is 11.9 Å². The van der Waals surface area contributed by atoms with Crippen molar-refractivity contribution in [2.75, 3.05) is 13.2 Å². The van der Waals surface area contributed by atoms with Crippen molar-refractivity contribution >= 4 is 11.9 Å². The van der Waals surface area contributed by atoms with E-state index in [2.05, 4.69) is 98.9 Å². The van der Waals surface area contributed by atoms with Crippen molar-refractivity contribution in [3.8, 4) is 0 Å². The summed E-state index contributed by atoms with van der Waals surface area (Å²) in [5, 5.41) is 9.68. The second-order valence-corrected chi connectivity index (χ2v) is 22.9. The summed E-state index contributed by atoms with van der Waals surface area (Å²) in [7, 11) is 0. The van der Waals surface area contributed by atoms with Crippen LogP contribution >= 0.6 is 0 Å². The fourth-order valence-corrected chi connectivity index (χ4v) is 10.1. The first-order chi connectivity index (χ1) is 38.6. The van der Waals surface area contributed by atoms with Crippen molar-refractivity contribution < 1.29 is 24.2 Å². The summed E-state index contributed by atoms with van der Waals surface area (Å²) in [5.74, 6) is -0.597. The van der Waals surface area contributed by atoms with Gasteiger partial charge in [-0.3, -0.25) is 9.59 Å². The first-order valence-corrected chi connectivity index (χ1v) is 34.1. The molecular weight excluding hydrogens is 957 g/mol. The maximum atomic E-state index is 12.3. The third-order valence-corrected chi connectivity index (χ3v) is 15.2. The fraction of sp³-hybridized carbons (Fsp3) is 0.781. The highest BCUT2D eigenvalue weighted by molar-refractivity contribution is 5.70. The number of carbonyl (C=O) groups excluding carboxylic acids is 2. The van der Waals surface area contributed by atoms with E-state index in [1.165, 1.54) is 238 Å². The molecule has 5 nitrogen and oxygen atoms in total. The minimum atomic E-state index is -0.785. The predicted octanol–water partition coefficient (Wildman–Crippen LogP) is 23.7. The fourth-order valence-electron chi connectivity index (χ4n) is 10.1. The van der Waals surface area contributed by atoms with Gasteiger partial charge in [-0.15, -0.1) is 0 Å². The number of esters is 2. The lowest BCUT2D eigenvalue weighted by Crippen LogP contribution is -2.28. The second-order valence-electron chi connectivity index (χ2n) is 22.9. The minimum Gasteiger partial charge on any atom is -0.462 e. The van der Waals surface area contributed by atoms with Crippen molar-refractivity contribution in [1.82, 2.24) is 0 Å². The Bertz CT molecular complexity index is 1420. The van der Waals surface area contributed by atoms with Crippen LogP contribution in [0.4, 0.5) is 0 Å². The zero-order chi connectivity index (χ0) is 56.2. The molecule has 0 aliphatic carbocycles. The standard InChI is InChI=1S/C73H130O5/c1-3-5-7-9-11-13-15-17-19-21-23-25-27-29-30-31-32-33-34-35-36-37-38-39-40-41-42-44-45-47-49-51-53-55-57-59-61-63-65-67-72(75)77-70-71(69-74)78-73(76)68-66-64-62-60-58-56-54-52-50-48-46-43-28-26-24-22-20-18-16-14-12-10-8-6-4-2/h6,8,12,14,18,20-21,23-24,26,43,46,50,52,71,74H,3-5,7,9-11,13,15-17,19,22,25,27-42,44-45,47-49,51,53-70H2,1-2H3/b8-6-,14-12-,20-18-,23-21-,26-24-,46-43-,52-50-. The van der Waals surface area contributed by atoms with Crippen molar-refractivity contribution in [1.29, 1.82) is 0 Å². The van der Waals surface area contributed by atoms with E-state index >= 15 is 0 Å². The van der Waals surface area contributed by atoms with Crippen molar-refractivity contribution in [2.24, 2.45) is 0 Å². The topological polar surface area (TPSA) is 72.8 Å². The molecule has 0 radical (unpaired) electrons. The first-order valence-electron chi connectivity index (χ1n) is 34.1. The highest BCUT2D eigenvalue weighted by atomic mass is 16.6. The summed E-state index contributed by atoms with van der Waals surface area (Å²) < 4.78 is 10.7. The van der Waals surface area contributed by atoms with Gasteiger partial charge in [0.1, 0.15) is 6.61 Å². The van der Waals surface area contributed by atoms with E-state index < -0.39 is 6.10 Å². The molecule has 1 unspecified atom stereocenters. The Morgan fingerprint density at radius 1 is 0.308 bits per heavy atom. The van der Waals surface area contributed by atoms with Crippen LogP contribution in [0, 0.1) is 0 Å². The molecule has 0 aromatic heterocycles. The molecular formula is C73H130O5. The van der Waals surface area contributed by atoms with Crippen LogP contribution in [0.25, 0.3) is 0 Å². The third kappa shape index (κ3) is 65.6. The van der Waals surface area contributed by atoms with Crippen LogP contribution < -0.4 is 0 Å². The molecule has 0 saturated heterocycles. The molecule has 0 amide bonds. The molecule has 0 aromatic rings. The molecule has 0 fully saturated rings. The largest absolute Gasteiger partial charge is 0.462 e. The normalized spacial score (nSPS) is 12.7. The number of rotatable bonds is 63. The van der Waals surface area contributed by atoms with Gasteiger partial charge in [0, 0.05) is 12.8 Å². The molecule has 0 aliphatic heterocycles. The van der Waals surface area contributed by atoms with Crippen LogP contribution in [0.5, 0.6) is 0 Å². The van der Waals surface area contributed by atoms with Crippen LogP contribution in [0.2, 0.25) is 0 Å². The third-order valence-electron chi connectivity index (χ3n) is 15.2. The summed E-state index contributed by atoms with van der Waals surface area (Å²) in [6, 6.07) is 0. The lowest BCUT2D eigenvalue weighted by Gasteiger charge is -2.15. The van der Waals surface area contributed by atoms with E-state index in [0.29, 0.717) is 12.8 Å². The monoisotopic (exact) mass is 1090 g/mol. The second kappa shape index (κ2) is 68.4. The highest BCUT2D eigenvalue weighted by Gasteiger charge is 2.16. The van der Waals surface area contributed by atoms with Gasteiger partial charge in [-0.2, -0.15) is 0 Å². The number of allylic oxidation sites excluding steroid dienone is 14. The average molecular weight is 1090 g/mol. The van der Waals surface area contributed by atoms with Crippen LogP contribution in [0.15, 0.2) is 85.1 Å². The van der Waals surface area contributed by atoms with Gasteiger partial charge < -0.3 is 14.6 Å². The van der Waals surface area contributed by atoms with Gasteiger partial charge in [0.15, 0.2) is 6.10 Å². The van der Waals surface area contributed by atoms with Gasteiger partial charge in [0.05, 0.1) is 6.61 Å². The van der Waals surface area contributed by atoms with E-state index in [9.17, 15) is 14.7 Å². The van der Waals surface area contributed by atoms with Crippen LogP contribution in [0.1, 0.15) is 348 Å². The Morgan fingerprint density at radius 2 is 0.551 bits per heavy atom.